The Balaban J connectivity index is 2.00. The van der Waals surface area contributed by atoms with E-state index in [-0.39, 0.29) is 0 Å². The topological polar surface area (TPSA) is 15.3 Å². The smallest absolute Gasteiger partial charge is 0.0254 e. The van der Waals surface area contributed by atoms with E-state index in [0.717, 1.165) is 30.6 Å². The van der Waals surface area contributed by atoms with Gasteiger partial charge in [-0.1, -0.05) is 33.6 Å². The van der Waals surface area contributed by atoms with Gasteiger partial charge < -0.3 is 5.32 Å². The normalized spacial score (nSPS) is 31.9. The monoisotopic (exact) mass is 266 g/mol. The van der Waals surface area contributed by atoms with E-state index in [4.69, 9.17) is 0 Å². The summed E-state index contributed by atoms with van der Waals surface area (Å²) in [5.74, 6) is 0.975. The van der Waals surface area contributed by atoms with E-state index in [0.29, 0.717) is 0 Å². The van der Waals surface area contributed by atoms with Gasteiger partial charge in [0.2, 0.25) is 0 Å². The summed E-state index contributed by atoms with van der Waals surface area (Å²) in [6.45, 7) is 9.43. The van der Waals surface area contributed by atoms with Crippen LogP contribution in [0.5, 0.6) is 0 Å². The second kappa shape index (κ2) is 7.64. The number of rotatable bonds is 8. The second-order valence-electron chi connectivity index (χ2n) is 6.64. The van der Waals surface area contributed by atoms with Crippen LogP contribution < -0.4 is 5.32 Å². The van der Waals surface area contributed by atoms with Crippen LogP contribution in [-0.4, -0.2) is 36.1 Å². The fourth-order valence-corrected chi connectivity index (χ4v) is 3.83. The molecule has 0 saturated heterocycles. The minimum absolute atomic E-state index is 0.755. The summed E-state index contributed by atoms with van der Waals surface area (Å²) >= 11 is 0. The zero-order valence-electron chi connectivity index (χ0n) is 13.3. The molecule has 3 atom stereocenters. The Bertz CT molecular complexity index is 250. The Morgan fingerprint density at radius 1 is 1.05 bits per heavy atom. The average Bonchev–Trinajstić information content (AvgIpc) is 3.25. The molecule has 2 nitrogen and oxygen atoms in total. The van der Waals surface area contributed by atoms with Crippen molar-refractivity contribution in [2.45, 2.75) is 90.3 Å². The molecule has 0 spiro atoms. The predicted molar refractivity (Wildman–Crippen MR) is 83.5 cm³/mol. The average molecular weight is 266 g/mol. The zero-order chi connectivity index (χ0) is 13.7. The molecule has 0 aromatic carbocycles. The largest absolute Gasteiger partial charge is 0.313 e. The van der Waals surface area contributed by atoms with E-state index in [1.807, 2.05) is 0 Å². The Morgan fingerprint density at radius 2 is 1.84 bits per heavy atom. The predicted octanol–water partition coefficient (Wildman–Crippen LogP) is 3.81. The Hall–Kier alpha value is -0.0800. The third-order valence-electron chi connectivity index (χ3n) is 5.18. The van der Waals surface area contributed by atoms with Gasteiger partial charge in [-0.25, -0.2) is 0 Å². The van der Waals surface area contributed by atoms with Crippen molar-refractivity contribution in [1.82, 2.24) is 10.2 Å². The van der Waals surface area contributed by atoms with E-state index >= 15 is 0 Å². The van der Waals surface area contributed by atoms with Crippen molar-refractivity contribution < 1.29 is 0 Å². The van der Waals surface area contributed by atoms with Crippen LogP contribution in [0.25, 0.3) is 0 Å². The van der Waals surface area contributed by atoms with Crippen LogP contribution >= 0.6 is 0 Å². The molecule has 0 bridgehead atoms. The van der Waals surface area contributed by atoms with Crippen LogP contribution in [-0.2, 0) is 0 Å². The second-order valence-corrected chi connectivity index (χ2v) is 6.64. The van der Waals surface area contributed by atoms with Gasteiger partial charge in [-0.3, -0.25) is 4.90 Å². The maximum absolute atomic E-state index is 3.78. The number of hydrogen-bond donors (Lipinski definition) is 1. The molecule has 2 fully saturated rings. The maximum atomic E-state index is 3.78. The summed E-state index contributed by atoms with van der Waals surface area (Å²) in [7, 11) is 0. The highest BCUT2D eigenvalue weighted by Crippen LogP contribution is 2.36. The molecule has 1 N–H and O–H groups in total. The third kappa shape index (κ3) is 4.19. The lowest BCUT2D eigenvalue weighted by Crippen LogP contribution is -2.54. The van der Waals surface area contributed by atoms with Gasteiger partial charge in [0.25, 0.3) is 0 Å². The molecule has 0 radical (unpaired) electrons. The van der Waals surface area contributed by atoms with Crippen molar-refractivity contribution in [2.75, 3.05) is 13.1 Å². The molecule has 3 unspecified atom stereocenters. The molecule has 0 aliphatic heterocycles. The molecule has 2 aliphatic rings. The van der Waals surface area contributed by atoms with Crippen LogP contribution in [0.4, 0.5) is 0 Å². The van der Waals surface area contributed by atoms with Crippen molar-refractivity contribution in [1.29, 1.82) is 0 Å². The van der Waals surface area contributed by atoms with Crippen LogP contribution in [0.2, 0.25) is 0 Å². The molecule has 19 heavy (non-hydrogen) atoms. The van der Waals surface area contributed by atoms with Gasteiger partial charge in [-0.2, -0.15) is 0 Å². The van der Waals surface area contributed by atoms with Crippen molar-refractivity contribution in [3.05, 3.63) is 0 Å². The van der Waals surface area contributed by atoms with E-state index in [1.165, 1.54) is 57.9 Å². The fourth-order valence-electron chi connectivity index (χ4n) is 3.83. The van der Waals surface area contributed by atoms with Crippen LogP contribution in [0.3, 0.4) is 0 Å². The highest BCUT2D eigenvalue weighted by atomic mass is 15.2. The first-order chi connectivity index (χ1) is 9.30. The number of nitrogens with one attached hydrogen (secondary N) is 1. The SMILES string of the molecule is CCCCN(C1CC1)C1CC(CC)CCC1NCC. The molecule has 2 aliphatic carbocycles. The summed E-state index contributed by atoms with van der Waals surface area (Å²) in [6, 6.07) is 2.50. The first kappa shape index (κ1) is 15.3. The van der Waals surface area contributed by atoms with Crippen molar-refractivity contribution in [3.8, 4) is 0 Å². The van der Waals surface area contributed by atoms with Crippen molar-refractivity contribution in [3.63, 3.8) is 0 Å². The molecular formula is C17H34N2. The Kier molecular flexibility index (Phi) is 6.15. The van der Waals surface area contributed by atoms with Crippen LogP contribution in [0.15, 0.2) is 0 Å². The summed E-state index contributed by atoms with van der Waals surface area (Å²) in [4.78, 5) is 2.89. The van der Waals surface area contributed by atoms with Gasteiger partial charge in [0, 0.05) is 18.1 Å². The lowest BCUT2D eigenvalue weighted by Gasteiger charge is -2.43. The van der Waals surface area contributed by atoms with E-state index in [2.05, 4.69) is 31.0 Å². The van der Waals surface area contributed by atoms with Gasteiger partial charge in [0.1, 0.15) is 0 Å². The van der Waals surface area contributed by atoms with Crippen molar-refractivity contribution >= 4 is 0 Å². The standard InChI is InChI=1S/C17H34N2/c1-4-7-12-19(15-9-10-15)17-13-14(5-2)8-11-16(17)18-6-3/h14-18H,4-13H2,1-3H3. The number of likely N-dealkylation sites (N-methyl/N-ethyl adjacent to an activating group) is 1. The number of nitrogens with zero attached hydrogens (tertiary/aromatic N) is 1. The lowest BCUT2D eigenvalue weighted by molar-refractivity contribution is 0.0876. The fraction of sp³-hybridized carbons (Fsp3) is 1.00. The van der Waals surface area contributed by atoms with E-state index in [9.17, 15) is 0 Å². The zero-order valence-corrected chi connectivity index (χ0v) is 13.3. The van der Waals surface area contributed by atoms with Crippen molar-refractivity contribution in [2.24, 2.45) is 5.92 Å². The first-order valence-electron chi connectivity index (χ1n) is 8.79. The van der Waals surface area contributed by atoms with Gasteiger partial charge >= 0.3 is 0 Å². The summed E-state index contributed by atoms with van der Waals surface area (Å²) < 4.78 is 0. The summed E-state index contributed by atoms with van der Waals surface area (Å²) in [6.07, 6.45) is 11.3. The first-order valence-corrected chi connectivity index (χ1v) is 8.79. The molecule has 0 amide bonds. The summed E-state index contributed by atoms with van der Waals surface area (Å²) in [5.41, 5.74) is 0. The molecule has 112 valence electrons. The molecule has 2 rings (SSSR count). The molecule has 2 heteroatoms. The molecule has 0 aromatic rings. The Labute approximate surface area is 120 Å². The third-order valence-corrected chi connectivity index (χ3v) is 5.18. The molecule has 0 heterocycles. The van der Waals surface area contributed by atoms with E-state index in [1.54, 1.807) is 0 Å². The minimum Gasteiger partial charge on any atom is -0.313 e. The molecule has 0 aromatic heterocycles. The Morgan fingerprint density at radius 3 is 2.42 bits per heavy atom. The number of unbranched alkanes of at least 4 members (excludes halogenated alkanes) is 1. The summed E-state index contributed by atoms with van der Waals surface area (Å²) in [5, 5.41) is 3.78. The van der Waals surface area contributed by atoms with Gasteiger partial charge in [0.15, 0.2) is 0 Å². The highest BCUT2D eigenvalue weighted by molar-refractivity contribution is 4.96. The molecular weight excluding hydrogens is 232 g/mol. The highest BCUT2D eigenvalue weighted by Gasteiger charge is 2.39. The van der Waals surface area contributed by atoms with Crippen LogP contribution in [0, 0.1) is 5.92 Å². The maximum Gasteiger partial charge on any atom is 0.0254 e. The minimum atomic E-state index is 0.755. The number of hydrogen-bond acceptors (Lipinski definition) is 2. The quantitative estimate of drug-likeness (QED) is 0.719. The van der Waals surface area contributed by atoms with Gasteiger partial charge in [-0.15, -0.1) is 0 Å². The molecule has 2 saturated carbocycles. The van der Waals surface area contributed by atoms with Crippen LogP contribution in [0.1, 0.15) is 72.1 Å². The lowest BCUT2D eigenvalue weighted by atomic mass is 9.80. The van der Waals surface area contributed by atoms with Gasteiger partial charge in [0.05, 0.1) is 0 Å². The van der Waals surface area contributed by atoms with E-state index < -0.39 is 0 Å². The van der Waals surface area contributed by atoms with Gasteiger partial charge in [-0.05, 0) is 57.5 Å².